The number of nitrogens with two attached hydrogens (primary N) is 1. The lowest BCUT2D eigenvalue weighted by molar-refractivity contribution is -0.124. The SMILES string of the molecule is C=CC(=O)N1CC=C(c2c(-c3ccc(Oc4cccc(C)n4)c(OC)c3)c3c(N)ncnc3n2C)C1. The van der Waals surface area contributed by atoms with E-state index in [1.165, 1.54) is 12.4 Å². The number of anilines is 1. The first-order valence-electron chi connectivity index (χ1n) is 11.4. The number of methoxy groups -OCH3 is 1. The molecular weight excluding hydrogens is 456 g/mol. The average molecular weight is 483 g/mol. The highest BCUT2D eigenvalue weighted by atomic mass is 16.5. The molecule has 36 heavy (non-hydrogen) atoms. The fourth-order valence-electron chi connectivity index (χ4n) is 4.55. The maximum atomic E-state index is 12.2. The van der Waals surface area contributed by atoms with Gasteiger partial charge in [0.25, 0.3) is 0 Å². The molecule has 5 rings (SSSR count). The number of carbonyl (C=O) groups excluding carboxylic acids is 1. The number of fused-ring (bicyclic) bond motifs is 1. The second-order valence-corrected chi connectivity index (χ2v) is 8.48. The van der Waals surface area contributed by atoms with Gasteiger partial charge in [-0.05, 0) is 42.3 Å². The number of carbonyl (C=O) groups is 1. The topological polar surface area (TPSA) is 108 Å². The van der Waals surface area contributed by atoms with E-state index >= 15 is 0 Å². The Labute approximate surface area is 208 Å². The first-order valence-corrected chi connectivity index (χ1v) is 11.4. The molecule has 1 aromatic carbocycles. The van der Waals surface area contributed by atoms with E-state index in [9.17, 15) is 4.79 Å². The maximum Gasteiger partial charge on any atom is 0.246 e. The van der Waals surface area contributed by atoms with Gasteiger partial charge in [0.15, 0.2) is 11.5 Å². The van der Waals surface area contributed by atoms with E-state index in [-0.39, 0.29) is 5.91 Å². The molecule has 0 aliphatic carbocycles. The van der Waals surface area contributed by atoms with Crippen molar-refractivity contribution in [3.8, 4) is 28.5 Å². The lowest BCUT2D eigenvalue weighted by Gasteiger charge is -2.16. The lowest BCUT2D eigenvalue weighted by atomic mass is 9.98. The van der Waals surface area contributed by atoms with Crippen molar-refractivity contribution in [1.82, 2.24) is 24.4 Å². The quantitative estimate of drug-likeness (QED) is 0.412. The maximum absolute atomic E-state index is 12.2. The molecule has 9 nitrogen and oxygen atoms in total. The van der Waals surface area contributed by atoms with Gasteiger partial charge in [-0.25, -0.2) is 15.0 Å². The van der Waals surface area contributed by atoms with Gasteiger partial charge >= 0.3 is 0 Å². The van der Waals surface area contributed by atoms with Crippen LogP contribution in [0.25, 0.3) is 27.7 Å². The molecule has 182 valence electrons. The number of hydrogen-bond acceptors (Lipinski definition) is 7. The van der Waals surface area contributed by atoms with Gasteiger partial charge in [-0.2, -0.15) is 0 Å². The van der Waals surface area contributed by atoms with Crippen LogP contribution in [0.15, 0.2) is 61.5 Å². The molecule has 0 saturated heterocycles. The summed E-state index contributed by atoms with van der Waals surface area (Å²) in [6.45, 7) is 6.47. The predicted molar refractivity (Wildman–Crippen MR) is 139 cm³/mol. The van der Waals surface area contributed by atoms with E-state index < -0.39 is 0 Å². The van der Waals surface area contributed by atoms with Gasteiger partial charge in [-0.1, -0.05) is 24.8 Å². The normalized spacial score (nSPS) is 13.1. The Hall–Kier alpha value is -4.66. The minimum atomic E-state index is -0.117. The van der Waals surface area contributed by atoms with Crippen LogP contribution in [0.2, 0.25) is 0 Å². The van der Waals surface area contributed by atoms with E-state index in [1.54, 1.807) is 18.1 Å². The first kappa shape index (κ1) is 23.1. The summed E-state index contributed by atoms with van der Waals surface area (Å²) in [5.74, 6) is 1.81. The van der Waals surface area contributed by atoms with Gasteiger partial charge in [0.05, 0.1) is 18.2 Å². The van der Waals surface area contributed by atoms with Crippen molar-refractivity contribution in [3.63, 3.8) is 0 Å². The van der Waals surface area contributed by atoms with Crippen LogP contribution in [0.4, 0.5) is 5.82 Å². The fourth-order valence-corrected chi connectivity index (χ4v) is 4.55. The molecule has 1 aliphatic heterocycles. The molecule has 9 heteroatoms. The summed E-state index contributed by atoms with van der Waals surface area (Å²) in [6.07, 6.45) is 4.82. The highest BCUT2D eigenvalue weighted by molar-refractivity contribution is 6.06. The number of aromatic nitrogens is 4. The summed E-state index contributed by atoms with van der Waals surface area (Å²) in [6, 6.07) is 11.3. The number of amides is 1. The molecule has 0 unspecified atom stereocenters. The predicted octanol–water partition coefficient (Wildman–Crippen LogP) is 4.13. The monoisotopic (exact) mass is 482 g/mol. The Morgan fingerprint density at radius 2 is 2.03 bits per heavy atom. The number of hydrogen-bond donors (Lipinski definition) is 1. The van der Waals surface area contributed by atoms with E-state index in [4.69, 9.17) is 15.2 Å². The summed E-state index contributed by atoms with van der Waals surface area (Å²) >= 11 is 0. The first-order chi connectivity index (χ1) is 17.4. The fraction of sp³-hybridized carbons (Fsp3) is 0.185. The molecular formula is C27H26N6O3. The Balaban J connectivity index is 1.64. The van der Waals surface area contributed by atoms with E-state index in [2.05, 4.69) is 21.5 Å². The van der Waals surface area contributed by atoms with Crippen LogP contribution >= 0.6 is 0 Å². The van der Waals surface area contributed by atoms with Crippen LogP contribution in [0, 0.1) is 6.92 Å². The van der Waals surface area contributed by atoms with Crippen molar-refractivity contribution in [3.05, 3.63) is 72.8 Å². The standard InChI is InChI=1S/C27H26N6O3/c1-5-22(34)33-12-11-18(14-33)25-23(24-26(28)29-15-30-27(24)32(25)3)17-9-10-19(20(13-17)35-4)36-21-8-6-7-16(2)31-21/h5-11,13,15H,1,12,14H2,2-4H3,(H2,28,29,30). The van der Waals surface area contributed by atoms with Gasteiger partial charge in [-0.15, -0.1) is 0 Å². The summed E-state index contributed by atoms with van der Waals surface area (Å²) in [5.41, 5.74) is 11.5. The zero-order valence-corrected chi connectivity index (χ0v) is 20.4. The summed E-state index contributed by atoms with van der Waals surface area (Å²) in [7, 11) is 3.53. The van der Waals surface area contributed by atoms with E-state index in [1.807, 2.05) is 54.9 Å². The molecule has 0 bridgehead atoms. The summed E-state index contributed by atoms with van der Waals surface area (Å²) < 4.78 is 13.7. The number of aryl methyl sites for hydroxylation is 2. The molecule has 0 fully saturated rings. The Bertz CT molecular complexity index is 1540. The van der Waals surface area contributed by atoms with Gasteiger partial charge in [0, 0.05) is 37.5 Å². The lowest BCUT2D eigenvalue weighted by Crippen LogP contribution is -2.26. The van der Waals surface area contributed by atoms with Gasteiger partial charge in [0.2, 0.25) is 11.8 Å². The number of ether oxygens (including phenoxy) is 2. The van der Waals surface area contributed by atoms with Crippen LogP contribution in [-0.2, 0) is 11.8 Å². The van der Waals surface area contributed by atoms with Crippen LogP contribution in [0.3, 0.4) is 0 Å². The second-order valence-electron chi connectivity index (χ2n) is 8.48. The third-order valence-corrected chi connectivity index (χ3v) is 6.24. The molecule has 4 heterocycles. The average Bonchev–Trinajstić information content (AvgIpc) is 3.47. The van der Waals surface area contributed by atoms with E-state index in [0.29, 0.717) is 41.9 Å². The zero-order chi connectivity index (χ0) is 25.4. The van der Waals surface area contributed by atoms with Crippen LogP contribution in [0.1, 0.15) is 11.4 Å². The summed E-state index contributed by atoms with van der Waals surface area (Å²) in [5, 5.41) is 0.737. The van der Waals surface area contributed by atoms with Crippen molar-refractivity contribution in [1.29, 1.82) is 0 Å². The largest absolute Gasteiger partial charge is 0.493 e. The van der Waals surface area contributed by atoms with Crippen molar-refractivity contribution in [2.24, 2.45) is 7.05 Å². The molecule has 4 aromatic rings. The van der Waals surface area contributed by atoms with Gasteiger partial charge in [-0.3, -0.25) is 4.79 Å². The summed E-state index contributed by atoms with van der Waals surface area (Å²) in [4.78, 5) is 27.1. The molecule has 1 amide bonds. The molecule has 0 spiro atoms. The Morgan fingerprint density at radius 1 is 1.19 bits per heavy atom. The number of nitrogen functional groups attached to an aromatic ring is 1. The van der Waals surface area contributed by atoms with Gasteiger partial charge < -0.3 is 24.7 Å². The molecule has 0 radical (unpaired) electrons. The number of pyridine rings is 1. The Morgan fingerprint density at radius 3 is 2.78 bits per heavy atom. The molecule has 0 saturated carbocycles. The third kappa shape index (κ3) is 3.94. The minimum Gasteiger partial charge on any atom is -0.493 e. The van der Waals surface area contributed by atoms with Crippen molar-refractivity contribution in [2.75, 3.05) is 25.9 Å². The van der Waals surface area contributed by atoms with Crippen LogP contribution < -0.4 is 15.2 Å². The third-order valence-electron chi connectivity index (χ3n) is 6.24. The van der Waals surface area contributed by atoms with Crippen LogP contribution in [-0.4, -0.2) is 50.5 Å². The molecule has 0 atom stereocenters. The van der Waals surface area contributed by atoms with Crippen molar-refractivity contribution in [2.45, 2.75) is 6.92 Å². The molecule has 3 aromatic heterocycles. The second kappa shape index (κ2) is 9.18. The van der Waals surface area contributed by atoms with Gasteiger partial charge in [0.1, 0.15) is 17.8 Å². The highest BCUT2D eigenvalue weighted by Crippen LogP contribution is 2.43. The smallest absolute Gasteiger partial charge is 0.246 e. The molecule has 1 aliphatic rings. The highest BCUT2D eigenvalue weighted by Gasteiger charge is 2.27. The number of nitrogens with zero attached hydrogens (tertiary/aromatic N) is 5. The van der Waals surface area contributed by atoms with Crippen molar-refractivity contribution < 1.29 is 14.3 Å². The number of benzene rings is 1. The molecule has 2 N–H and O–H groups in total. The zero-order valence-electron chi connectivity index (χ0n) is 20.4. The van der Waals surface area contributed by atoms with E-state index in [0.717, 1.165) is 33.5 Å². The minimum absolute atomic E-state index is 0.117. The Kier molecular flexibility index (Phi) is 5.89. The van der Waals surface area contributed by atoms with Crippen LogP contribution in [0.5, 0.6) is 17.4 Å². The number of rotatable bonds is 6. The van der Waals surface area contributed by atoms with Crippen molar-refractivity contribution >= 4 is 28.3 Å².